The molecule has 108 valence electrons. The number of rotatable bonds is 2. The van der Waals surface area contributed by atoms with Crippen LogP contribution >= 0.6 is 0 Å². The predicted molar refractivity (Wildman–Crippen MR) is 71.2 cm³/mol. The fraction of sp³-hybridized carbons (Fsp3) is 0.533. The van der Waals surface area contributed by atoms with Gasteiger partial charge in [-0.2, -0.15) is 0 Å². The molecule has 0 radical (unpaired) electrons. The minimum absolute atomic E-state index is 0.120. The van der Waals surface area contributed by atoms with Crippen molar-refractivity contribution in [2.75, 3.05) is 19.6 Å². The van der Waals surface area contributed by atoms with Gasteiger partial charge in [0.05, 0.1) is 6.42 Å². The molecule has 2 unspecified atom stereocenters. The van der Waals surface area contributed by atoms with Gasteiger partial charge in [0.25, 0.3) is 0 Å². The average molecular weight is 280 g/mol. The molecule has 2 atom stereocenters. The van der Waals surface area contributed by atoms with Gasteiger partial charge in [0.1, 0.15) is 11.6 Å². The first kappa shape index (κ1) is 13.5. The molecule has 3 nitrogen and oxygen atoms in total. The van der Waals surface area contributed by atoms with Crippen molar-refractivity contribution < 1.29 is 13.6 Å². The minimum Gasteiger partial charge on any atom is -0.338 e. The number of likely N-dealkylation sites (tertiary alicyclic amines) is 1. The summed E-state index contributed by atoms with van der Waals surface area (Å²) in [6.07, 6.45) is 1.89. The maximum atomic E-state index is 13.6. The number of hydrogen-bond acceptors (Lipinski definition) is 2. The highest BCUT2D eigenvalue weighted by atomic mass is 19.1. The van der Waals surface area contributed by atoms with Gasteiger partial charge in [-0.15, -0.1) is 0 Å². The van der Waals surface area contributed by atoms with Crippen molar-refractivity contribution in [1.82, 2.24) is 10.2 Å². The van der Waals surface area contributed by atoms with Crippen LogP contribution in [0.5, 0.6) is 0 Å². The van der Waals surface area contributed by atoms with Gasteiger partial charge in [-0.3, -0.25) is 4.79 Å². The van der Waals surface area contributed by atoms with Gasteiger partial charge in [-0.05, 0) is 30.9 Å². The lowest BCUT2D eigenvalue weighted by atomic mass is 9.91. The van der Waals surface area contributed by atoms with Gasteiger partial charge in [0.2, 0.25) is 5.91 Å². The van der Waals surface area contributed by atoms with E-state index in [4.69, 9.17) is 0 Å². The highest BCUT2D eigenvalue weighted by molar-refractivity contribution is 5.79. The Morgan fingerprint density at radius 3 is 2.80 bits per heavy atom. The molecule has 2 aliphatic rings. The highest BCUT2D eigenvalue weighted by Gasteiger charge is 2.37. The van der Waals surface area contributed by atoms with Gasteiger partial charge >= 0.3 is 0 Å². The van der Waals surface area contributed by atoms with Gasteiger partial charge in [-0.25, -0.2) is 8.78 Å². The third kappa shape index (κ3) is 2.42. The van der Waals surface area contributed by atoms with E-state index in [9.17, 15) is 13.6 Å². The molecule has 0 aromatic heterocycles. The molecule has 1 N–H and O–H groups in total. The molecule has 2 heterocycles. The number of hydrogen-bond donors (Lipinski definition) is 1. The van der Waals surface area contributed by atoms with E-state index >= 15 is 0 Å². The molecule has 5 heteroatoms. The Balaban J connectivity index is 1.76. The Labute approximate surface area is 117 Å². The standard InChI is InChI=1S/C15H18F2N2O/c16-12-4-1-5-13(17)11(12)7-15(20)19-6-2-3-10-8-18-9-14(10)19/h1,4-5,10,14,18H,2-3,6-9H2. The predicted octanol–water partition coefficient (Wildman–Crippen LogP) is 1.72. The molecule has 0 bridgehead atoms. The number of nitrogens with zero attached hydrogens (tertiary/aromatic N) is 1. The summed E-state index contributed by atoms with van der Waals surface area (Å²) in [4.78, 5) is 14.2. The fourth-order valence-corrected chi connectivity index (χ4v) is 3.33. The van der Waals surface area contributed by atoms with Gasteiger partial charge in [0.15, 0.2) is 0 Å². The van der Waals surface area contributed by atoms with E-state index in [1.54, 1.807) is 4.90 Å². The molecular weight excluding hydrogens is 262 g/mol. The van der Waals surface area contributed by atoms with Gasteiger partial charge in [0, 0.05) is 31.2 Å². The van der Waals surface area contributed by atoms with Crippen LogP contribution in [0.2, 0.25) is 0 Å². The molecular formula is C15H18F2N2O. The second-order valence-corrected chi connectivity index (χ2v) is 5.59. The zero-order valence-electron chi connectivity index (χ0n) is 11.2. The van der Waals surface area contributed by atoms with Crippen LogP contribution in [0.25, 0.3) is 0 Å². The first-order chi connectivity index (χ1) is 9.66. The van der Waals surface area contributed by atoms with Crippen LogP contribution in [0.15, 0.2) is 18.2 Å². The summed E-state index contributed by atoms with van der Waals surface area (Å²) in [6.45, 7) is 2.41. The lowest BCUT2D eigenvalue weighted by Gasteiger charge is -2.37. The number of halogens is 2. The van der Waals surface area contributed by atoms with Crippen LogP contribution < -0.4 is 5.32 Å². The van der Waals surface area contributed by atoms with Crippen molar-refractivity contribution in [3.63, 3.8) is 0 Å². The summed E-state index contributed by atoms with van der Waals surface area (Å²) in [7, 11) is 0. The van der Waals surface area contributed by atoms with Crippen molar-refractivity contribution in [1.29, 1.82) is 0 Å². The van der Waals surface area contributed by atoms with Crippen LogP contribution in [0.1, 0.15) is 18.4 Å². The molecule has 0 saturated carbocycles. The first-order valence-corrected chi connectivity index (χ1v) is 7.10. The lowest BCUT2D eigenvalue weighted by Crippen LogP contribution is -2.49. The maximum Gasteiger partial charge on any atom is 0.227 e. The van der Waals surface area contributed by atoms with Crippen LogP contribution in [-0.2, 0) is 11.2 Å². The van der Waals surface area contributed by atoms with E-state index in [1.165, 1.54) is 18.2 Å². The molecule has 1 amide bonds. The van der Waals surface area contributed by atoms with Crippen molar-refractivity contribution in [3.8, 4) is 0 Å². The Bertz CT molecular complexity index is 500. The van der Waals surface area contributed by atoms with Gasteiger partial charge < -0.3 is 10.2 Å². The monoisotopic (exact) mass is 280 g/mol. The fourth-order valence-electron chi connectivity index (χ4n) is 3.33. The van der Waals surface area contributed by atoms with E-state index in [-0.39, 0.29) is 23.9 Å². The third-order valence-corrected chi connectivity index (χ3v) is 4.39. The van der Waals surface area contributed by atoms with E-state index in [0.29, 0.717) is 12.5 Å². The van der Waals surface area contributed by atoms with E-state index in [2.05, 4.69) is 5.32 Å². The number of carbonyl (C=O) groups is 1. The molecule has 20 heavy (non-hydrogen) atoms. The molecule has 2 fully saturated rings. The van der Waals surface area contributed by atoms with Crippen LogP contribution in [0.3, 0.4) is 0 Å². The summed E-state index contributed by atoms with van der Waals surface area (Å²) in [6, 6.07) is 3.89. The number of piperidine rings is 1. The Morgan fingerprint density at radius 1 is 1.30 bits per heavy atom. The van der Waals surface area contributed by atoms with Crippen LogP contribution in [-0.4, -0.2) is 36.5 Å². The zero-order chi connectivity index (χ0) is 14.1. The third-order valence-electron chi connectivity index (χ3n) is 4.39. The summed E-state index contributed by atoms with van der Waals surface area (Å²) >= 11 is 0. The SMILES string of the molecule is O=C(Cc1c(F)cccc1F)N1CCCC2CNCC21. The summed E-state index contributed by atoms with van der Waals surface area (Å²) in [5.74, 6) is -0.974. The van der Waals surface area contributed by atoms with Crippen LogP contribution in [0, 0.1) is 17.6 Å². The normalized spacial score (nSPS) is 25.6. The van der Waals surface area contributed by atoms with Crippen molar-refractivity contribution in [3.05, 3.63) is 35.4 Å². The first-order valence-electron chi connectivity index (χ1n) is 7.10. The maximum absolute atomic E-state index is 13.6. The quantitative estimate of drug-likeness (QED) is 0.894. The second-order valence-electron chi connectivity index (χ2n) is 5.59. The largest absolute Gasteiger partial charge is 0.338 e. The van der Waals surface area contributed by atoms with Crippen LogP contribution in [0.4, 0.5) is 8.78 Å². The topological polar surface area (TPSA) is 32.3 Å². The lowest BCUT2D eigenvalue weighted by molar-refractivity contribution is -0.134. The molecule has 1 aromatic carbocycles. The van der Waals surface area contributed by atoms with Gasteiger partial charge in [-0.1, -0.05) is 6.07 Å². The summed E-state index contributed by atoms with van der Waals surface area (Å²) in [5, 5.41) is 3.29. The Hall–Kier alpha value is -1.49. The number of carbonyl (C=O) groups excluding carboxylic acids is 1. The number of benzene rings is 1. The van der Waals surface area contributed by atoms with Crippen molar-refractivity contribution in [2.24, 2.45) is 5.92 Å². The number of nitrogens with one attached hydrogen (secondary N) is 1. The summed E-state index contributed by atoms with van der Waals surface area (Å²) in [5.41, 5.74) is -0.120. The average Bonchev–Trinajstić information content (AvgIpc) is 2.91. The summed E-state index contributed by atoms with van der Waals surface area (Å²) < 4.78 is 27.2. The molecule has 1 aromatic rings. The molecule has 0 aliphatic carbocycles. The molecule has 3 rings (SSSR count). The van der Waals surface area contributed by atoms with E-state index in [1.807, 2.05) is 0 Å². The molecule has 2 aliphatic heterocycles. The Kier molecular flexibility index (Phi) is 3.70. The van der Waals surface area contributed by atoms with Crippen molar-refractivity contribution in [2.45, 2.75) is 25.3 Å². The second kappa shape index (κ2) is 5.48. The smallest absolute Gasteiger partial charge is 0.227 e. The van der Waals surface area contributed by atoms with Crippen molar-refractivity contribution >= 4 is 5.91 Å². The zero-order valence-corrected chi connectivity index (χ0v) is 11.2. The molecule has 0 spiro atoms. The number of amides is 1. The molecule has 2 saturated heterocycles. The number of fused-ring (bicyclic) bond motifs is 1. The van der Waals surface area contributed by atoms with E-state index in [0.717, 1.165) is 25.9 Å². The highest BCUT2D eigenvalue weighted by Crippen LogP contribution is 2.27. The van der Waals surface area contributed by atoms with E-state index < -0.39 is 11.6 Å². The minimum atomic E-state index is -0.642. The Morgan fingerprint density at radius 2 is 2.05 bits per heavy atom.